The second-order valence-corrected chi connectivity index (χ2v) is 6.11. The number of pyridine rings is 1. The first-order valence-electron chi connectivity index (χ1n) is 8.29. The maximum Gasteiger partial charge on any atom is 0.317 e. The van der Waals surface area contributed by atoms with Gasteiger partial charge < -0.3 is 10.4 Å². The fraction of sp³-hybridized carbons (Fsp3) is 0.412. The normalized spacial score (nSPS) is 19.4. The maximum absolute atomic E-state index is 12.4. The van der Waals surface area contributed by atoms with Crippen molar-refractivity contribution in [3.05, 3.63) is 42.4 Å². The van der Waals surface area contributed by atoms with Crippen LogP contribution in [0.4, 0.5) is 0 Å². The van der Waals surface area contributed by atoms with Crippen molar-refractivity contribution in [2.75, 3.05) is 13.1 Å². The minimum Gasteiger partial charge on any atom is -0.480 e. The third kappa shape index (κ3) is 4.03. The van der Waals surface area contributed by atoms with E-state index in [1.165, 1.54) is 0 Å². The van der Waals surface area contributed by atoms with Crippen molar-refractivity contribution in [1.82, 2.24) is 25.0 Å². The lowest BCUT2D eigenvalue weighted by atomic mass is 9.85. The molecule has 1 saturated carbocycles. The molecule has 1 aliphatic carbocycles. The van der Waals surface area contributed by atoms with Gasteiger partial charge in [-0.05, 0) is 37.6 Å². The number of carbonyl (C=O) groups is 2. The molecule has 1 aliphatic rings. The second kappa shape index (κ2) is 7.43. The summed E-state index contributed by atoms with van der Waals surface area (Å²) in [4.78, 5) is 29.4. The number of amides is 1. The van der Waals surface area contributed by atoms with E-state index in [0.717, 1.165) is 12.8 Å². The van der Waals surface area contributed by atoms with E-state index < -0.39 is 5.97 Å². The van der Waals surface area contributed by atoms with E-state index >= 15 is 0 Å². The van der Waals surface area contributed by atoms with Crippen molar-refractivity contribution >= 4 is 11.9 Å². The number of aromatic nitrogens is 3. The molecular weight excluding hydrogens is 322 g/mol. The van der Waals surface area contributed by atoms with Crippen LogP contribution in [0.15, 0.2) is 36.8 Å². The molecule has 8 heteroatoms. The molecule has 1 fully saturated rings. The summed E-state index contributed by atoms with van der Waals surface area (Å²) in [5, 5.41) is 16.0. The largest absolute Gasteiger partial charge is 0.480 e. The van der Waals surface area contributed by atoms with Crippen LogP contribution in [0.5, 0.6) is 0 Å². The predicted octanol–water partition coefficient (Wildman–Crippen LogP) is 0.935. The van der Waals surface area contributed by atoms with Gasteiger partial charge in [0.15, 0.2) is 5.82 Å². The Hall–Kier alpha value is -2.74. The molecule has 25 heavy (non-hydrogen) atoms. The molecule has 2 heterocycles. The van der Waals surface area contributed by atoms with Crippen LogP contribution < -0.4 is 5.32 Å². The Morgan fingerprint density at radius 3 is 2.84 bits per heavy atom. The molecule has 2 aromatic heterocycles. The van der Waals surface area contributed by atoms with Crippen LogP contribution >= 0.6 is 0 Å². The molecule has 0 aliphatic heterocycles. The number of hydrogen-bond donors (Lipinski definition) is 2. The van der Waals surface area contributed by atoms with Crippen LogP contribution in [0.2, 0.25) is 0 Å². The highest BCUT2D eigenvalue weighted by atomic mass is 16.4. The molecule has 1 amide bonds. The monoisotopic (exact) mass is 343 g/mol. The number of carboxylic acid groups (broad SMARTS) is 1. The third-order valence-electron chi connectivity index (χ3n) is 4.46. The van der Waals surface area contributed by atoms with Crippen LogP contribution in [0.25, 0.3) is 5.82 Å². The van der Waals surface area contributed by atoms with Gasteiger partial charge in [0.25, 0.3) is 5.91 Å². The van der Waals surface area contributed by atoms with Gasteiger partial charge in [0.1, 0.15) is 0 Å². The number of rotatable bonds is 7. The summed E-state index contributed by atoms with van der Waals surface area (Å²) in [5.41, 5.74) is 0.529. The zero-order chi connectivity index (χ0) is 17.8. The Balaban J connectivity index is 1.56. The quantitative estimate of drug-likeness (QED) is 0.776. The number of aliphatic carboxylic acids is 1. The van der Waals surface area contributed by atoms with Crippen LogP contribution in [-0.4, -0.2) is 61.8 Å². The molecule has 2 aromatic rings. The Labute approximate surface area is 145 Å². The second-order valence-electron chi connectivity index (χ2n) is 6.11. The topological polar surface area (TPSA) is 100 Å². The zero-order valence-electron chi connectivity index (χ0n) is 14.0. The molecule has 2 N–H and O–H groups in total. The molecule has 0 radical (unpaired) electrons. The number of carbonyl (C=O) groups excluding carboxylic acids is 1. The minimum atomic E-state index is -0.822. The lowest BCUT2D eigenvalue weighted by Crippen LogP contribution is -2.54. The average molecular weight is 343 g/mol. The van der Waals surface area contributed by atoms with Gasteiger partial charge in [-0.25, -0.2) is 9.67 Å². The highest BCUT2D eigenvalue weighted by molar-refractivity contribution is 5.94. The van der Waals surface area contributed by atoms with Crippen LogP contribution in [-0.2, 0) is 4.79 Å². The zero-order valence-corrected chi connectivity index (χ0v) is 14.0. The summed E-state index contributed by atoms with van der Waals surface area (Å²) in [6.45, 7) is 2.68. The van der Waals surface area contributed by atoms with Crippen LogP contribution in [0.3, 0.4) is 0 Å². The van der Waals surface area contributed by atoms with Gasteiger partial charge in [0, 0.05) is 36.2 Å². The van der Waals surface area contributed by atoms with Crippen LogP contribution in [0, 0.1) is 0 Å². The first-order valence-corrected chi connectivity index (χ1v) is 8.29. The predicted molar refractivity (Wildman–Crippen MR) is 90.5 cm³/mol. The molecule has 0 bridgehead atoms. The SMILES string of the molecule is CCN(CC(=O)O)C1CC(NC(=O)c2ccnc(-n3cccn3)c2)C1. The summed E-state index contributed by atoms with van der Waals surface area (Å²) in [5.74, 6) is -0.388. The Bertz CT molecular complexity index is 741. The van der Waals surface area contributed by atoms with Crippen molar-refractivity contribution in [3.8, 4) is 5.82 Å². The standard InChI is InChI=1S/C17H21N5O3/c1-2-21(11-16(23)24)14-9-13(10-14)20-17(25)12-4-6-18-15(8-12)22-7-3-5-19-22/h3-8,13-14H,2,9-11H2,1H3,(H,20,25)(H,23,24). The first-order chi connectivity index (χ1) is 12.1. The third-order valence-corrected chi connectivity index (χ3v) is 4.46. The molecule has 8 nitrogen and oxygen atoms in total. The maximum atomic E-state index is 12.4. The van der Waals surface area contributed by atoms with Crippen molar-refractivity contribution in [3.63, 3.8) is 0 Å². The van der Waals surface area contributed by atoms with E-state index in [1.54, 1.807) is 41.5 Å². The summed E-state index contributed by atoms with van der Waals surface area (Å²) in [6, 6.07) is 5.44. The minimum absolute atomic E-state index is 0.0411. The van der Waals surface area contributed by atoms with E-state index in [9.17, 15) is 9.59 Å². The molecule has 3 rings (SSSR count). The van der Waals surface area contributed by atoms with Gasteiger partial charge in [0.2, 0.25) is 0 Å². The van der Waals surface area contributed by atoms with Crippen molar-refractivity contribution < 1.29 is 14.7 Å². The summed E-state index contributed by atoms with van der Waals surface area (Å²) < 4.78 is 1.60. The van der Waals surface area contributed by atoms with E-state index in [2.05, 4.69) is 15.4 Å². The van der Waals surface area contributed by atoms with Gasteiger partial charge in [-0.1, -0.05) is 6.92 Å². The molecule has 132 valence electrons. The Morgan fingerprint density at radius 2 is 2.20 bits per heavy atom. The lowest BCUT2D eigenvalue weighted by molar-refractivity contribution is -0.139. The molecule has 0 atom stereocenters. The van der Waals surface area contributed by atoms with Crippen LogP contribution in [0.1, 0.15) is 30.1 Å². The van der Waals surface area contributed by atoms with Crippen molar-refractivity contribution in [2.24, 2.45) is 0 Å². The van der Waals surface area contributed by atoms with E-state index in [4.69, 9.17) is 5.11 Å². The number of carboxylic acids is 1. The van der Waals surface area contributed by atoms with Gasteiger partial charge in [0.05, 0.1) is 6.54 Å². The Morgan fingerprint density at radius 1 is 1.40 bits per heavy atom. The highest BCUT2D eigenvalue weighted by Gasteiger charge is 2.34. The van der Waals surface area contributed by atoms with Crippen molar-refractivity contribution in [2.45, 2.75) is 31.8 Å². The summed E-state index contributed by atoms with van der Waals surface area (Å²) >= 11 is 0. The summed E-state index contributed by atoms with van der Waals surface area (Å²) in [7, 11) is 0. The van der Waals surface area contributed by atoms with Gasteiger partial charge in [-0.15, -0.1) is 0 Å². The van der Waals surface area contributed by atoms with E-state index in [1.807, 2.05) is 11.8 Å². The van der Waals surface area contributed by atoms with Gasteiger partial charge >= 0.3 is 5.97 Å². The number of nitrogens with zero attached hydrogens (tertiary/aromatic N) is 4. The highest BCUT2D eigenvalue weighted by Crippen LogP contribution is 2.25. The van der Waals surface area contributed by atoms with Gasteiger partial charge in [-0.3, -0.25) is 14.5 Å². The van der Waals surface area contributed by atoms with Crippen molar-refractivity contribution in [1.29, 1.82) is 0 Å². The number of likely N-dealkylation sites (N-methyl/N-ethyl adjacent to an activating group) is 1. The first kappa shape index (κ1) is 17.1. The average Bonchev–Trinajstić information content (AvgIpc) is 3.10. The number of nitrogens with one attached hydrogen (secondary N) is 1. The lowest BCUT2D eigenvalue weighted by Gasteiger charge is -2.42. The van der Waals surface area contributed by atoms with Gasteiger partial charge in [-0.2, -0.15) is 5.10 Å². The fourth-order valence-electron chi connectivity index (χ4n) is 3.03. The van der Waals surface area contributed by atoms with E-state index in [-0.39, 0.29) is 24.5 Å². The molecule has 0 spiro atoms. The summed E-state index contributed by atoms with van der Waals surface area (Å²) in [6.07, 6.45) is 6.54. The smallest absolute Gasteiger partial charge is 0.317 e. The molecule has 0 unspecified atom stereocenters. The van der Waals surface area contributed by atoms with E-state index in [0.29, 0.717) is 17.9 Å². The molecule has 0 saturated heterocycles. The molecule has 0 aromatic carbocycles. The number of hydrogen-bond acceptors (Lipinski definition) is 5. The fourth-order valence-corrected chi connectivity index (χ4v) is 3.03. The Kier molecular flexibility index (Phi) is 5.08. The molecular formula is C17H21N5O3.